The van der Waals surface area contributed by atoms with Crippen LogP contribution in [0.3, 0.4) is 0 Å². The van der Waals surface area contributed by atoms with Gasteiger partial charge < -0.3 is 5.11 Å². The van der Waals surface area contributed by atoms with E-state index in [4.69, 9.17) is 0 Å². The summed E-state index contributed by atoms with van der Waals surface area (Å²) in [7, 11) is 0. The number of aromatic hydroxyl groups is 1. The molecule has 0 amide bonds. The molecule has 3 nitrogen and oxygen atoms in total. The van der Waals surface area contributed by atoms with Crippen LogP contribution in [0.2, 0.25) is 0 Å². The number of aromatic nitrogens is 2. The van der Waals surface area contributed by atoms with Gasteiger partial charge in [0.25, 0.3) is 0 Å². The minimum absolute atomic E-state index is 0.126. The van der Waals surface area contributed by atoms with Gasteiger partial charge in [0.15, 0.2) is 5.75 Å². The van der Waals surface area contributed by atoms with Crippen molar-refractivity contribution in [3.8, 4) is 17.0 Å². The van der Waals surface area contributed by atoms with Crippen molar-refractivity contribution >= 4 is 0 Å². The Morgan fingerprint density at radius 3 is 2.32 bits per heavy atom. The topological polar surface area (TPSA) is 38.0 Å². The van der Waals surface area contributed by atoms with Crippen LogP contribution in [-0.2, 0) is 12.0 Å². The molecule has 0 aliphatic carbocycles. The number of aryl methyl sites for hydroxylation is 1. The Morgan fingerprint density at radius 2 is 1.79 bits per heavy atom. The van der Waals surface area contributed by atoms with E-state index in [-0.39, 0.29) is 5.41 Å². The molecular formula is C16H22N2O. The van der Waals surface area contributed by atoms with E-state index in [1.165, 1.54) is 0 Å². The second kappa shape index (κ2) is 5.08. The zero-order chi connectivity index (χ0) is 14.0. The number of nitrogens with zero attached hydrogens (tertiary/aromatic N) is 2. The molecule has 0 radical (unpaired) electrons. The number of hydrogen-bond donors (Lipinski definition) is 1. The first kappa shape index (κ1) is 13.7. The second-order valence-electron chi connectivity index (χ2n) is 5.88. The molecule has 1 aromatic carbocycles. The average molecular weight is 258 g/mol. The van der Waals surface area contributed by atoms with Crippen LogP contribution in [0.25, 0.3) is 11.3 Å². The molecule has 0 aliphatic rings. The summed E-state index contributed by atoms with van der Waals surface area (Å²) < 4.78 is 1.94. The van der Waals surface area contributed by atoms with E-state index in [1.807, 2.05) is 35.0 Å². The standard InChI is InChI=1S/C16H22N2O/c1-5-11-18-15(16(2,3)4)14(19)13(17-18)12-9-7-6-8-10-12/h6-10,19H,5,11H2,1-4H3. The van der Waals surface area contributed by atoms with Gasteiger partial charge in [0, 0.05) is 17.5 Å². The van der Waals surface area contributed by atoms with Crippen LogP contribution in [0.15, 0.2) is 30.3 Å². The van der Waals surface area contributed by atoms with Gasteiger partial charge in [-0.2, -0.15) is 5.10 Å². The zero-order valence-electron chi connectivity index (χ0n) is 12.1. The molecule has 3 heteroatoms. The SMILES string of the molecule is CCCn1nc(-c2ccccc2)c(O)c1C(C)(C)C. The van der Waals surface area contributed by atoms with E-state index in [2.05, 4.69) is 32.8 Å². The van der Waals surface area contributed by atoms with Crippen LogP contribution in [0.4, 0.5) is 0 Å². The summed E-state index contributed by atoms with van der Waals surface area (Å²) in [6.07, 6.45) is 0.998. The monoisotopic (exact) mass is 258 g/mol. The maximum atomic E-state index is 10.5. The van der Waals surface area contributed by atoms with Gasteiger partial charge in [-0.15, -0.1) is 0 Å². The highest BCUT2D eigenvalue weighted by Crippen LogP contribution is 2.38. The van der Waals surface area contributed by atoms with Gasteiger partial charge in [-0.25, -0.2) is 0 Å². The zero-order valence-corrected chi connectivity index (χ0v) is 12.1. The Labute approximate surface area is 114 Å². The van der Waals surface area contributed by atoms with Crippen molar-refractivity contribution in [2.24, 2.45) is 0 Å². The predicted molar refractivity (Wildman–Crippen MR) is 78.3 cm³/mol. The van der Waals surface area contributed by atoms with Gasteiger partial charge in [-0.3, -0.25) is 4.68 Å². The van der Waals surface area contributed by atoms with Gasteiger partial charge in [0.1, 0.15) is 5.69 Å². The fraction of sp³-hybridized carbons (Fsp3) is 0.438. The number of benzene rings is 1. The lowest BCUT2D eigenvalue weighted by Gasteiger charge is -2.20. The quantitative estimate of drug-likeness (QED) is 0.904. The first-order valence-electron chi connectivity index (χ1n) is 6.80. The van der Waals surface area contributed by atoms with Crippen molar-refractivity contribution < 1.29 is 5.11 Å². The Morgan fingerprint density at radius 1 is 1.16 bits per heavy atom. The van der Waals surface area contributed by atoms with Gasteiger partial charge in [0.2, 0.25) is 0 Å². The van der Waals surface area contributed by atoms with Crippen molar-refractivity contribution in [2.75, 3.05) is 0 Å². The molecule has 19 heavy (non-hydrogen) atoms. The van der Waals surface area contributed by atoms with E-state index in [0.29, 0.717) is 11.4 Å². The summed E-state index contributed by atoms with van der Waals surface area (Å²) in [5, 5.41) is 15.1. The smallest absolute Gasteiger partial charge is 0.165 e. The van der Waals surface area contributed by atoms with Crippen molar-refractivity contribution in [3.05, 3.63) is 36.0 Å². The van der Waals surface area contributed by atoms with E-state index >= 15 is 0 Å². The van der Waals surface area contributed by atoms with Crippen LogP contribution in [0.1, 0.15) is 39.8 Å². The minimum Gasteiger partial charge on any atom is -0.504 e. The van der Waals surface area contributed by atoms with Crippen molar-refractivity contribution in [1.29, 1.82) is 0 Å². The van der Waals surface area contributed by atoms with Crippen LogP contribution < -0.4 is 0 Å². The molecule has 1 N–H and O–H groups in total. The van der Waals surface area contributed by atoms with E-state index < -0.39 is 0 Å². The fourth-order valence-electron chi connectivity index (χ4n) is 2.36. The highest BCUT2D eigenvalue weighted by Gasteiger charge is 2.27. The molecule has 0 unspecified atom stereocenters. The molecule has 0 aliphatic heterocycles. The van der Waals surface area contributed by atoms with E-state index in [0.717, 1.165) is 24.2 Å². The predicted octanol–water partition coefficient (Wildman–Crippen LogP) is 3.96. The van der Waals surface area contributed by atoms with Gasteiger partial charge in [-0.05, 0) is 6.42 Å². The maximum Gasteiger partial charge on any atom is 0.165 e. The Kier molecular flexibility index (Phi) is 3.65. The molecule has 2 aromatic rings. The molecule has 0 saturated heterocycles. The van der Waals surface area contributed by atoms with Gasteiger partial charge in [-0.1, -0.05) is 58.0 Å². The third-order valence-corrected chi connectivity index (χ3v) is 3.12. The molecule has 0 saturated carbocycles. The molecule has 102 valence electrons. The molecule has 2 rings (SSSR count). The third-order valence-electron chi connectivity index (χ3n) is 3.12. The molecule has 0 bridgehead atoms. The summed E-state index contributed by atoms with van der Waals surface area (Å²) in [5.74, 6) is 0.312. The molecule has 0 fully saturated rings. The summed E-state index contributed by atoms with van der Waals surface area (Å²) >= 11 is 0. The third kappa shape index (κ3) is 2.65. The Hall–Kier alpha value is -1.77. The molecular weight excluding hydrogens is 236 g/mol. The lowest BCUT2D eigenvalue weighted by molar-refractivity contribution is 0.423. The first-order valence-corrected chi connectivity index (χ1v) is 6.80. The van der Waals surface area contributed by atoms with Crippen LogP contribution in [0, 0.1) is 0 Å². The Bertz CT molecular complexity index is 550. The lowest BCUT2D eigenvalue weighted by atomic mass is 9.90. The molecule has 1 heterocycles. The summed E-state index contributed by atoms with van der Waals surface area (Å²) in [5.41, 5.74) is 2.42. The largest absolute Gasteiger partial charge is 0.504 e. The summed E-state index contributed by atoms with van der Waals surface area (Å²) in [6.45, 7) is 9.25. The van der Waals surface area contributed by atoms with Crippen molar-refractivity contribution in [3.63, 3.8) is 0 Å². The van der Waals surface area contributed by atoms with E-state index in [9.17, 15) is 5.11 Å². The molecule has 0 atom stereocenters. The average Bonchev–Trinajstić information content (AvgIpc) is 2.67. The normalized spacial score (nSPS) is 11.8. The van der Waals surface area contributed by atoms with Crippen LogP contribution in [0.5, 0.6) is 5.75 Å². The van der Waals surface area contributed by atoms with Gasteiger partial charge in [0.05, 0.1) is 5.69 Å². The Balaban J connectivity index is 2.59. The lowest BCUT2D eigenvalue weighted by Crippen LogP contribution is -2.18. The summed E-state index contributed by atoms with van der Waals surface area (Å²) in [4.78, 5) is 0. The molecule has 1 aromatic heterocycles. The number of hydrogen-bond acceptors (Lipinski definition) is 2. The van der Waals surface area contributed by atoms with Crippen LogP contribution >= 0.6 is 0 Å². The molecule has 0 spiro atoms. The first-order chi connectivity index (χ1) is 8.95. The highest BCUT2D eigenvalue weighted by atomic mass is 16.3. The highest BCUT2D eigenvalue weighted by molar-refractivity contribution is 5.67. The number of rotatable bonds is 3. The second-order valence-corrected chi connectivity index (χ2v) is 5.88. The summed E-state index contributed by atoms with van der Waals surface area (Å²) in [6, 6.07) is 9.85. The van der Waals surface area contributed by atoms with Gasteiger partial charge >= 0.3 is 0 Å². The van der Waals surface area contributed by atoms with Crippen molar-refractivity contribution in [1.82, 2.24) is 9.78 Å². The fourth-order valence-corrected chi connectivity index (χ4v) is 2.36. The minimum atomic E-state index is -0.126. The van der Waals surface area contributed by atoms with Crippen molar-refractivity contribution in [2.45, 2.75) is 46.1 Å². The van der Waals surface area contributed by atoms with E-state index in [1.54, 1.807) is 0 Å². The van der Waals surface area contributed by atoms with Crippen LogP contribution in [-0.4, -0.2) is 14.9 Å². The maximum absolute atomic E-state index is 10.5.